The molecule has 0 fully saturated rings. The minimum atomic E-state index is 0.817. The molecule has 0 saturated heterocycles. The van der Waals surface area contributed by atoms with Crippen molar-refractivity contribution in [1.82, 2.24) is 0 Å². The fourth-order valence-electron chi connectivity index (χ4n) is 2.66. The normalized spacial score (nSPS) is 10.4. The van der Waals surface area contributed by atoms with E-state index in [9.17, 15) is 0 Å². The summed E-state index contributed by atoms with van der Waals surface area (Å²) in [7, 11) is 0. The number of benzene rings is 2. The Morgan fingerprint density at radius 2 is 1.30 bits per heavy atom. The molecule has 122 valence electrons. The van der Waals surface area contributed by atoms with Crippen molar-refractivity contribution >= 4 is 0 Å². The molecular formula is C22H28O. The maximum absolute atomic E-state index is 5.83. The molecule has 0 aromatic heterocycles. The van der Waals surface area contributed by atoms with Crippen LogP contribution in [0.3, 0.4) is 0 Å². The Hall–Kier alpha value is -2.02. The van der Waals surface area contributed by atoms with Gasteiger partial charge < -0.3 is 4.74 Å². The van der Waals surface area contributed by atoms with Crippen LogP contribution in [0.25, 0.3) is 11.1 Å². The minimum Gasteiger partial charge on any atom is -0.494 e. The van der Waals surface area contributed by atoms with Crippen LogP contribution < -0.4 is 4.74 Å². The molecule has 0 saturated carbocycles. The van der Waals surface area contributed by atoms with Gasteiger partial charge in [0.1, 0.15) is 5.75 Å². The number of hydrogen-bond donors (Lipinski definition) is 0. The van der Waals surface area contributed by atoms with Gasteiger partial charge in [-0.25, -0.2) is 0 Å². The number of allylic oxidation sites excluding steroid dienone is 1. The smallest absolute Gasteiger partial charge is 0.119 e. The number of unbranched alkanes of at least 4 members (excludes halogenated alkanes) is 6. The second-order valence-corrected chi connectivity index (χ2v) is 5.94. The summed E-state index contributed by atoms with van der Waals surface area (Å²) in [6, 6.07) is 18.8. The topological polar surface area (TPSA) is 9.23 Å². The Bertz CT molecular complexity index is 542. The molecule has 0 aliphatic rings. The van der Waals surface area contributed by atoms with Gasteiger partial charge in [-0.3, -0.25) is 0 Å². The number of hydrogen-bond acceptors (Lipinski definition) is 1. The predicted octanol–water partition coefficient (Wildman–Crippen LogP) is 6.65. The molecule has 1 heteroatoms. The highest BCUT2D eigenvalue weighted by atomic mass is 16.5. The summed E-state index contributed by atoms with van der Waals surface area (Å²) in [6.07, 6.45) is 10.8. The van der Waals surface area contributed by atoms with Crippen molar-refractivity contribution in [3.05, 3.63) is 67.3 Å². The van der Waals surface area contributed by atoms with Crippen LogP contribution in [0.15, 0.2) is 67.3 Å². The Morgan fingerprint density at radius 3 is 2.00 bits per heavy atom. The third kappa shape index (κ3) is 6.73. The molecule has 2 aromatic carbocycles. The van der Waals surface area contributed by atoms with E-state index in [1.165, 1.54) is 43.2 Å². The molecular weight excluding hydrogens is 280 g/mol. The molecule has 0 radical (unpaired) electrons. The average Bonchev–Trinajstić information content (AvgIpc) is 2.62. The fraction of sp³-hybridized carbons (Fsp3) is 0.364. The molecule has 23 heavy (non-hydrogen) atoms. The van der Waals surface area contributed by atoms with E-state index in [1.54, 1.807) is 0 Å². The molecule has 0 spiro atoms. The van der Waals surface area contributed by atoms with E-state index in [-0.39, 0.29) is 0 Å². The van der Waals surface area contributed by atoms with Gasteiger partial charge in [0, 0.05) is 0 Å². The maximum atomic E-state index is 5.83. The Labute approximate surface area is 141 Å². The first-order valence-corrected chi connectivity index (χ1v) is 8.79. The maximum Gasteiger partial charge on any atom is 0.119 e. The Morgan fingerprint density at radius 1 is 0.696 bits per heavy atom. The van der Waals surface area contributed by atoms with Crippen LogP contribution >= 0.6 is 0 Å². The largest absolute Gasteiger partial charge is 0.494 e. The van der Waals surface area contributed by atoms with Crippen LogP contribution in [0.5, 0.6) is 5.75 Å². The zero-order valence-corrected chi connectivity index (χ0v) is 14.0. The lowest BCUT2D eigenvalue weighted by Gasteiger charge is -2.07. The highest BCUT2D eigenvalue weighted by molar-refractivity contribution is 5.63. The van der Waals surface area contributed by atoms with Gasteiger partial charge in [0.2, 0.25) is 0 Å². The van der Waals surface area contributed by atoms with E-state index in [4.69, 9.17) is 4.74 Å². The van der Waals surface area contributed by atoms with E-state index < -0.39 is 0 Å². The SMILES string of the molecule is C=CCCCCCCCCOc1ccc(-c2ccccc2)cc1. The van der Waals surface area contributed by atoms with Crippen molar-refractivity contribution in [3.63, 3.8) is 0 Å². The van der Waals surface area contributed by atoms with Crippen LogP contribution in [0.2, 0.25) is 0 Å². The molecule has 0 atom stereocenters. The third-order valence-electron chi connectivity index (χ3n) is 4.03. The first kappa shape index (κ1) is 17.3. The monoisotopic (exact) mass is 308 g/mol. The fourth-order valence-corrected chi connectivity index (χ4v) is 2.66. The van der Waals surface area contributed by atoms with Gasteiger partial charge >= 0.3 is 0 Å². The molecule has 1 nitrogen and oxygen atoms in total. The number of rotatable bonds is 11. The Balaban J connectivity index is 1.60. The van der Waals surface area contributed by atoms with Crippen molar-refractivity contribution in [2.75, 3.05) is 6.61 Å². The number of ether oxygens (including phenoxy) is 1. The van der Waals surface area contributed by atoms with E-state index >= 15 is 0 Å². The lowest BCUT2D eigenvalue weighted by atomic mass is 10.1. The van der Waals surface area contributed by atoms with Crippen LogP contribution in [0.1, 0.15) is 44.9 Å². The van der Waals surface area contributed by atoms with E-state index in [2.05, 4.69) is 55.1 Å². The van der Waals surface area contributed by atoms with E-state index in [0.29, 0.717) is 0 Å². The standard InChI is InChI=1S/C22H28O/c1-2-3-4-5-6-7-8-12-19-23-22-17-15-21(16-18-22)20-13-10-9-11-14-20/h2,9-11,13-18H,1,3-8,12,19H2. The summed E-state index contributed by atoms with van der Waals surface area (Å²) in [4.78, 5) is 0. The minimum absolute atomic E-state index is 0.817. The summed E-state index contributed by atoms with van der Waals surface area (Å²) < 4.78 is 5.83. The Kier molecular flexibility index (Phi) is 8.04. The van der Waals surface area contributed by atoms with Crippen LogP contribution in [-0.4, -0.2) is 6.61 Å². The average molecular weight is 308 g/mol. The summed E-state index contributed by atoms with van der Waals surface area (Å²) in [5.74, 6) is 0.968. The van der Waals surface area contributed by atoms with Crippen molar-refractivity contribution < 1.29 is 4.74 Å². The molecule has 0 aliphatic carbocycles. The zero-order chi connectivity index (χ0) is 16.2. The van der Waals surface area contributed by atoms with Gasteiger partial charge in [-0.15, -0.1) is 6.58 Å². The van der Waals surface area contributed by atoms with Crippen LogP contribution in [0, 0.1) is 0 Å². The lowest BCUT2D eigenvalue weighted by molar-refractivity contribution is 0.304. The quantitative estimate of drug-likeness (QED) is 0.333. The second kappa shape index (κ2) is 10.7. The highest BCUT2D eigenvalue weighted by Gasteiger charge is 1.98. The predicted molar refractivity (Wildman–Crippen MR) is 99.9 cm³/mol. The van der Waals surface area contributed by atoms with Crippen molar-refractivity contribution in [3.8, 4) is 16.9 Å². The van der Waals surface area contributed by atoms with Gasteiger partial charge in [-0.2, -0.15) is 0 Å². The molecule has 0 unspecified atom stereocenters. The summed E-state index contributed by atoms with van der Waals surface area (Å²) >= 11 is 0. The van der Waals surface area contributed by atoms with Gasteiger partial charge in [0.25, 0.3) is 0 Å². The van der Waals surface area contributed by atoms with Crippen LogP contribution in [-0.2, 0) is 0 Å². The molecule has 0 aliphatic heterocycles. The molecule has 0 N–H and O–H groups in total. The third-order valence-corrected chi connectivity index (χ3v) is 4.03. The van der Waals surface area contributed by atoms with Gasteiger partial charge in [-0.05, 0) is 42.5 Å². The second-order valence-electron chi connectivity index (χ2n) is 5.94. The molecule has 2 aromatic rings. The first-order chi connectivity index (χ1) is 11.4. The summed E-state index contributed by atoms with van der Waals surface area (Å²) in [5, 5.41) is 0. The summed E-state index contributed by atoms with van der Waals surface area (Å²) in [6.45, 7) is 4.57. The first-order valence-electron chi connectivity index (χ1n) is 8.79. The molecule has 2 rings (SSSR count). The molecule has 0 heterocycles. The van der Waals surface area contributed by atoms with E-state index in [1.807, 2.05) is 12.1 Å². The van der Waals surface area contributed by atoms with Crippen molar-refractivity contribution in [2.24, 2.45) is 0 Å². The zero-order valence-electron chi connectivity index (χ0n) is 14.0. The van der Waals surface area contributed by atoms with Gasteiger partial charge in [0.05, 0.1) is 6.61 Å². The summed E-state index contributed by atoms with van der Waals surface area (Å²) in [5.41, 5.74) is 2.48. The van der Waals surface area contributed by atoms with Gasteiger partial charge in [-0.1, -0.05) is 74.2 Å². The van der Waals surface area contributed by atoms with Gasteiger partial charge in [0.15, 0.2) is 0 Å². The molecule has 0 amide bonds. The van der Waals surface area contributed by atoms with E-state index in [0.717, 1.165) is 25.2 Å². The molecule has 0 bridgehead atoms. The highest BCUT2D eigenvalue weighted by Crippen LogP contribution is 2.22. The van der Waals surface area contributed by atoms with Crippen molar-refractivity contribution in [1.29, 1.82) is 0 Å². The lowest BCUT2D eigenvalue weighted by Crippen LogP contribution is -1.97. The van der Waals surface area contributed by atoms with Crippen LogP contribution in [0.4, 0.5) is 0 Å². The van der Waals surface area contributed by atoms with Crippen molar-refractivity contribution in [2.45, 2.75) is 44.9 Å².